The summed E-state index contributed by atoms with van der Waals surface area (Å²) in [5.41, 5.74) is 0.878. The molecule has 0 heterocycles. The minimum Gasteiger partial charge on any atom is -0.497 e. The third kappa shape index (κ3) is 7.34. The van der Waals surface area contributed by atoms with E-state index in [0.29, 0.717) is 12.2 Å². The van der Waals surface area contributed by atoms with E-state index in [2.05, 4.69) is 15.0 Å². The highest BCUT2D eigenvalue weighted by Crippen LogP contribution is 2.12. The van der Waals surface area contributed by atoms with Gasteiger partial charge in [-0.05, 0) is 30.4 Å². The predicted molar refractivity (Wildman–Crippen MR) is 96.4 cm³/mol. The van der Waals surface area contributed by atoms with Crippen LogP contribution in [0.15, 0.2) is 29.3 Å². The van der Waals surface area contributed by atoms with Crippen LogP contribution >= 0.6 is 11.8 Å². The minimum atomic E-state index is -1.02. The number of aryl methyl sites for hydroxylation is 1. The van der Waals surface area contributed by atoms with Crippen LogP contribution in [0.5, 0.6) is 5.75 Å². The van der Waals surface area contributed by atoms with Crippen molar-refractivity contribution in [3.05, 3.63) is 29.8 Å². The fourth-order valence-electron chi connectivity index (χ4n) is 1.71. The molecule has 1 aromatic carbocycles. The van der Waals surface area contributed by atoms with Gasteiger partial charge in [0.05, 0.1) is 14.2 Å². The van der Waals surface area contributed by atoms with Gasteiger partial charge in [0, 0.05) is 6.42 Å². The van der Waals surface area contributed by atoms with Crippen LogP contribution in [0.3, 0.4) is 0 Å². The fourth-order valence-corrected chi connectivity index (χ4v) is 2.08. The Morgan fingerprint density at radius 2 is 1.73 bits per heavy atom. The Morgan fingerprint density at radius 3 is 2.27 bits per heavy atom. The molecule has 0 bridgehead atoms. The van der Waals surface area contributed by atoms with Crippen LogP contribution in [-0.4, -0.2) is 49.5 Å². The zero-order chi connectivity index (χ0) is 19.5. The average Bonchev–Trinajstić information content (AvgIpc) is 2.65. The lowest BCUT2D eigenvalue weighted by Gasteiger charge is -2.06. The normalized spacial score (nSPS) is 10.7. The highest BCUT2D eigenvalue weighted by molar-refractivity contribution is 8.13. The zero-order valence-corrected chi connectivity index (χ0v) is 15.3. The molecule has 1 aromatic rings. The monoisotopic (exact) mass is 381 g/mol. The van der Waals surface area contributed by atoms with Crippen LogP contribution in [0.25, 0.3) is 0 Å². The lowest BCUT2D eigenvalue weighted by atomic mass is 10.1. The molecule has 140 valence electrons. The number of hydrogen-bond donors (Lipinski definition) is 2. The van der Waals surface area contributed by atoms with Crippen LogP contribution in [0.1, 0.15) is 12.0 Å². The highest BCUT2D eigenvalue weighted by atomic mass is 32.2. The maximum atomic E-state index is 11.9. The number of nitrogens with zero attached hydrogens (tertiary/aromatic N) is 1. The molecule has 0 fully saturated rings. The number of carbonyl (C=O) groups is 4. The molecule has 0 saturated heterocycles. The van der Waals surface area contributed by atoms with Gasteiger partial charge in [0.2, 0.25) is 5.78 Å². The number of imide groups is 1. The van der Waals surface area contributed by atoms with Gasteiger partial charge >= 0.3 is 12.1 Å². The molecule has 4 amide bonds. The van der Waals surface area contributed by atoms with E-state index in [4.69, 9.17) is 4.74 Å². The van der Waals surface area contributed by atoms with E-state index >= 15 is 0 Å². The first-order valence-corrected chi connectivity index (χ1v) is 8.60. The molecular formula is C16H19N3O6S. The van der Waals surface area contributed by atoms with Crippen LogP contribution in [0.2, 0.25) is 0 Å². The van der Waals surface area contributed by atoms with Crippen molar-refractivity contribution in [3.8, 4) is 5.75 Å². The Kier molecular flexibility index (Phi) is 8.85. The number of ketones is 1. The van der Waals surface area contributed by atoms with E-state index in [1.54, 1.807) is 42.9 Å². The van der Waals surface area contributed by atoms with E-state index in [-0.39, 0.29) is 11.6 Å². The molecule has 0 aliphatic carbocycles. The van der Waals surface area contributed by atoms with Crippen molar-refractivity contribution in [1.82, 2.24) is 10.6 Å². The van der Waals surface area contributed by atoms with Crippen LogP contribution in [0, 0.1) is 0 Å². The molecule has 1 rings (SSSR count). The molecule has 0 aliphatic heterocycles. The SMILES string of the molecule is COC(=O)NC(=O)/N=C(/NC(=O)C(=O)CCc1ccc(OC)cc1)SC. The van der Waals surface area contributed by atoms with E-state index in [0.717, 1.165) is 24.4 Å². The Bertz CT molecular complexity index is 702. The van der Waals surface area contributed by atoms with Crippen molar-refractivity contribution >= 4 is 40.7 Å². The Balaban J connectivity index is 2.56. The van der Waals surface area contributed by atoms with E-state index in [1.807, 2.05) is 0 Å². The minimum absolute atomic E-state index is 0.00577. The van der Waals surface area contributed by atoms with Gasteiger partial charge in [-0.15, -0.1) is 0 Å². The quantitative estimate of drug-likeness (QED) is 0.450. The number of methoxy groups -OCH3 is 2. The van der Waals surface area contributed by atoms with Gasteiger partial charge in [-0.3, -0.25) is 14.9 Å². The molecule has 0 aromatic heterocycles. The second-order valence-electron chi connectivity index (χ2n) is 4.77. The molecule has 26 heavy (non-hydrogen) atoms. The number of aliphatic imine (C=N–C) groups is 1. The zero-order valence-electron chi connectivity index (χ0n) is 14.5. The molecule has 0 saturated carbocycles. The summed E-state index contributed by atoms with van der Waals surface area (Å²) >= 11 is 0.936. The van der Waals surface area contributed by atoms with Crippen molar-refractivity contribution in [2.45, 2.75) is 12.8 Å². The molecule has 0 aliphatic rings. The number of hydrogen-bond acceptors (Lipinski definition) is 7. The first-order chi connectivity index (χ1) is 12.4. The third-order valence-corrected chi connectivity index (χ3v) is 3.64. The maximum absolute atomic E-state index is 11.9. The molecule has 0 spiro atoms. The van der Waals surface area contributed by atoms with Crippen LogP contribution < -0.4 is 15.4 Å². The van der Waals surface area contributed by atoms with Gasteiger partial charge in [-0.25, -0.2) is 14.9 Å². The number of urea groups is 1. The van der Waals surface area contributed by atoms with Gasteiger partial charge in [-0.1, -0.05) is 23.9 Å². The standard InChI is InChI=1S/C16H19N3O6S/c1-24-11-7-4-10(5-8-11)6-9-12(20)13(21)17-15(26-3)18-14(22)19-16(23)25-2/h4-5,7-8H,6,9H2,1-3H3,(H2,17,18,19,21,22,23). The summed E-state index contributed by atoms with van der Waals surface area (Å²) in [6, 6.07) is 6.11. The highest BCUT2D eigenvalue weighted by Gasteiger charge is 2.16. The van der Waals surface area contributed by atoms with Crippen molar-refractivity contribution in [2.24, 2.45) is 4.99 Å². The Hall–Kier alpha value is -2.88. The van der Waals surface area contributed by atoms with Crippen LogP contribution in [-0.2, 0) is 20.7 Å². The topological polar surface area (TPSA) is 123 Å². The van der Waals surface area contributed by atoms with Gasteiger partial charge < -0.3 is 9.47 Å². The third-order valence-electron chi connectivity index (χ3n) is 3.06. The van der Waals surface area contributed by atoms with Crippen molar-refractivity contribution in [1.29, 1.82) is 0 Å². The maximum Gasteiger partial charge on any atom is 0.415 e. The summed E-state index contributed by atoms with van der Waals surface area (Å²) in [5, 5.41) is 3.92. The van der Waals surface area contributed by atoms with Crippen LogP contribution in [0.4, 0.5) is 9.59 Å². The van der Waals surface area contributed by atoms with Gasteiger partial charge in [-0.2, -0.15) is 4.99 Å². The van der Waals surface area contributed by atoms with Crippen molar-refractivity contribution in [2.75, 3.05) is 20.5 Å². The predicted octanol–water partition coefficient (Wildman–Crippen LogP) is 1.51. The van der Waals surface area contributed by atoms with Gasteiger partial charge in [0.15, 0.2) is 5.17 Å². The fraction of sp³-hybridized carbons (Fsp3) is 0.312. The Morgan fingerprint density at radius 1 is 1.08 bits per heavy atom. The van der Waals surface area contributed by atoms with E-state index in [1.165, 1.54) is 0 Å². The molecule has 10 heteroatoms. The number of carbonyl (C=O) groups excluding carboxylic acids is 4. The largest absolute Gasteiger partial charge is 0.497 e. The number of benzene rings is 1. The number of rotatable bonds is 5. The number of alkyl carbamates (subject to hydrolysis) is 1. The molecule has 9 nitrogen and oxygen atoms in total. The van der Waals surface area contributed by atoms with E-state index in [9.17, 15) is 19.2 Å². The molecule has 2 N–H and O–H groups in total. The molecular weight excluding hydrogens is 362 g/mol. The average molecular weight is 381 g/mol. The number of amidine groups is 1. The van der Waals surface area contributed by atoms with E-state index < -0.39 is 23.8 Å². The summed E-state index contributed by atoms with van der Waals surface area (Å²) in [7, 11) is 2.64. The Labute approximate surface area is 154 Å². The number of nitrogens with one attached hydrogen (secondary N) is 2. The number of Topliss-reactive ketones (excluding diaryl/α,β-unsaturated/α-hetero) is 1. The van der Waals surface area contributed by atoms with Crippen molar-refractivity contribution in [3.63, 3.8) is 0 Å². The second-order valence-corrected chi connectivity index (χ2v) is 5.56. The molecule has 0 atom stereocenters. The summed E-state index contributed by atoms with van der Waals surface area (Å²) in [6.45, 7) is 0. The first kappa shape index (κ1) is 21.2. The van der Waals surface area contributed by atoms with Gasteiger partial charge in [0.25, 0.3) is 5.91 Å². The molecule has 0 radical (unpaired) electrons. The second kappa shape index (κ2) is 10.9. The van der Waals surface area contributed by atoms with Crippen molar-refractivity contribution < 1.29 is 28.7 Å². The number of ether oxygens (including phenoxy) is 2. The van der Waals surface area contributed by atoms with Gasteiger partial charge in [0.1, 0.15) is 5.75 Å². The summed E-state index contributed by atoms with van der Waals surface area (Å²) < 4.78 is 9.29. The first-order valence-electron chi connectivity index (χ1n) is 7.38. The number of thioether (sulfide) groups is 1. The summed E-state index contributed by atoms with van der Waals surface area (Å²) in [6.07, 6.45) is 0.937. The summed E-state index contributed by atoms with van der Waals surface area (Å²) in [4.78, 5) is 49.6. The summed E-state index contributed by atoms with van der Waals surface area (Å²) in [5.74, 6) is -0.850. The number of amides is 4. The molecule has 0 unspecified atom stereocenters. The smallest absolute Gasteiger partial charge is 0.415 e. The lowest BCUT2D eigenvalue weighted by Crippen LogP contribution is -2.36. The lowest BCUT2D eigenvalue weighted by molar-refractivity contribution is -0.136.